The first-order valence-corrected chi connectivity index (χ1v) is 6.65. The molecule has 0 fully saturated rings. The first-order valence-electron chi connectivity index (χ1n) is 4.69. The molecule has 0 saturated heterocycles. The summed E-state index contributed by atoms with van der Waals surface area (Å²) >= 11 is 4.12. The van der Waals surface area contributed by atoms with Crippen molar-refractivity contribution in [3.05, 3.63) is 38.1 Å². The molecule has 0 amide bonds. The van der Waals surface area contributed by atoms with Crippen LogP contribution >= 0.6 is 33.9 Å². The van der Waals surface area contributed by atoms with Crippen LogP contribution in [0.15, 0.2) is 23.8 Å². The standard InChI is InChI=1S/C10H12IN3S/c1-12-8(5-10-13-2-3-14-10)7-4-9(11)15-6-7/h2-4,6,8,12H,5H2,1H3,(H,13,14). The van der Waals surface area contributed by atoms with Crippen molar-refractivity contribution >= 4 is 33.9 Å². The number of hydrogen-bond acceptors (Lipinski definition) is 3. The maximum absolute atomic E-state index is 4.24. The fourth-order valence-corrected chi connectivity index (χ4v) is 2.92. The molecule has 0 bridgehead atoms. The summed E-state index contributed by atoms with van der Waals surface area (Å²) in [4.78, 5) is 7.37. The number of nitrogens with one attached hydrogen (secondary N) is 2. The zero-order valence-electron chi connectivity index (χ0n) is 8.33. The van der Waals surface area contributed by atoms with Gasteiger partial charge in [-0.05, 0) is 46.6 Å². The second kappa shape index (κ2) is 5.09. The number of nitrogens with zero attached hydrogens (tertiary/aromatic N) is 1. The second-order valence-electron chi connectivity index (χ2n) is 3.27. The van der Waals surface area contributed by atoms with E-state index in [1.807, 2.05) is 13.2 Å². The topological polar surface area (TPSA) is 40.7 Å². The van der Waals surface area contributed by atoms with Crippen LogP contribution in [0.25, 0.3) is 0 Å². The summed E-state index contributed by atoms with van der Waals surface area (Å²) in [5.41, 5.74) is 1.34. The Balaban J connectivity index is 2.11. The van der Waals surface area contributed by atoms with Crippen molar-refractivity contribution in [3.8, 4) is 0 Å². The van der Waals surface area contributed by atoms with Crippen LogP contribution in [0.3, 0.4) is 0 Å². The molecular weight excluding hydrogens is 321 g/mol. The lowest BCUT2D eigenvalue weighted by Gasteiger charge is -2.12. The molecule has 15 heavy (non-hydrogen) atoms. The molecule has 0 aliphatic rings. The third-order valence-corrected chi connectivity index (χ3v) is 4.10. The van der Waals surface area contributed by atoms with E-state index in [2.05, 4.69) is 49.3 Å². The van der Waals surface area contributed by atoms with Gasteiger partial charge in [-0.3, -0.25) is 0 Å². The molecule has 0 spiro atoms. The molecule has 0 saturated carbocycles. The number of aromatic nitrogens is 2. The van der Waals surface area contributed by atoms with E-state index in [4.69, 9.17) is 0 Å². The molecule has 5 heteroatoms. The van der Waals surface area contributed by atoms with E-state index in [-0.39, 0.29) is 0 Å². The number of rotatable bonds is 4. The van der Waals surface area contributed by atoms with Crippen LogP contribution in [-0.2, 0) is 6.42 Å². The predicted octanol–water partition coefficient (Wildman–Crippen LogP) is 2.58. The number of likely N-dealkylation sites (N-methyl/N-ethyl adjacent to an activating group) is 1. The minimum absolute atomic E-state index is 0.343. The van der Waals surface area contributed by atoms with Crippen LogP contribution in [0.5, 0.6) is 0 Å². The van der Waals surface area contributed by atoms with Gasteiger partial charge in [0, 0.05) is 24.9 Å². The van der Waals surface area contributed by atoms with Gasteiger partial charge in [0.25, 0.3) is 0 Å². The van der Waals surface area contributed by atoms with Gasteiger partial charge in [0.15, 0.2) is 0 Å². The molecule has 2 heterocycles. The third-order valence-electron chi connectivity index (χ3n) is 2.29. The van der Waals surface area contributed by atoms with Crippen LogP contribution in [0.1, 0.15) is 17.4 Å². The number of thiophene rings is 1. The van der Waals surface area contributed by atoms with Crippen molar-refractivity contribution < 1.29 is 0 Å². The zero-order valence-corrected chi connectivity index (χ0v) is 11.3. The van der Waals surface area contributed by atoms with Gasteiger partial charge < -0.3 is 10.3 Å². The molecule has 1 atom stereocenters. The first kappa shape index (κ1) is 11.1. The lowest BCUT2D eigenvalue weighted by Crippen LogP contribution is -2.18. The molecule has 2 rings (SSSR count). The highest BCUT2D eigenvalue weighted by molar-refractivity contribution is 14.1. The maximum atomic E-state index is 4.24. The molecular formula is C10H12IN3S. The molecule has 2 aromatic heterocycles. The van der Waals surface area contributed by atoms with Gasteiger partial charge in [0.05, 0.1) is 2.88 Å². The average molecular weight is 333 g/mol. The summed E-state index contributed by atoms with van der Waals surface area (Å²) < 4.78 is 1.32. The number of H-pyrrole nitrogens is 1. The Morgan fingerprint density at radius 2 is 2.53 bits per heavy atom. The van der Waals surface area contributed by atoms with Gasteiger partial charge in [0.2, 0.25) is 0 Å². The Hall–Kier alpha value is -0.400. The Bertz CT molecular complexity index is 410. The van der Waals surface area contributed by atoms with E-state index in [0.717, 1.165) is 12.2 Å². The van der Waals surface area contributed by atoms with Gasteiger partial charge in [-0.15, -0.1) is 11.3 Å². The van der Waals surface area contributed by atoms with E-state index in [0.29, 0.717) is 6.04 Å². The molecule has 0 aliphatic carbocycles. The van der Waals surface area contributed by atoms with Crippen molar-refractivity contribution in [3.63, 3.8) is 0 Å². The molecule has 3 nitrogen and oxygen atoms in total. The average Bonchev–Trinajstić information content (AvgIpc) is 2.85. The van der Waals surface area contributed by atoms with Crippen LogP contribution in [0.2, 0.25) is 0 Å². The second-order valence-corrected chi connectivity index (χ2v) is 6.07. The number of aromatic amines is 1. The van der Waals surface area contributed by atoms with Gasteiger partial charge in [-0.2, -0.15) is 0 Å². The van der Waals surface area contributed by atoms with Crippen LogP contribution < -0.4 is 5.32 Å². The highest BCUT2D eigenvalue weighted by Gasteiger charge is 2.12. The predicted molar refractivity (Wildman–Crippen MR) is 71.1 cm³/mol. The van der Waals surface area contributed by atoms with Gasteiger partial charge in [-0.1, -0.05) is 0 Å². The Morgan fingerprint density at radius 3 is 3.07 bits per heavy atom. The van der Waals surface area contributed by atoms with E-state index in [9.17, 15) is 0 Å². The van der Waals surface area contributed by atoms with Gasteiger partial charge in [0.1, 0.15) is 5.82 Å². The van der Waals surface area contributed by atoms with Crippen molar-refractivity contribution in [2.24, 2.45) is 0 Å². The lowest BCUT2D eigenvalue weighted by molar-refractivity contribution is 0.579. The molecule has 0 aliphatic heterocycles. The molecule has 80 valence electrons. The maximum Gasteiger partial charge on any atom is 0.107 e. The highest BCUT2D eigenvalue weighted by Crippen LogP contribution is 2.23. The Labute approximate surface area is 106 Å². The van der Waals surface area contributed by atoms with E-state index in [1.54, 1.807) is 17.5 Å². The number of hydrogen-bond donors (Lipinski definition) is 2. The summed E-state index contributed by atoms with van der Waals surface area (Å²) in [7, 11) is 1.98. The smallest absolute Gasteiger partial charge is 0.107 e. The molecule has 0 aromatic carbocycles. The summed E-state index contributed by atoms with van der Waals surface area (Å²) in [5, 5.41) is 5.51. The van der Waals surface area contributed by atoms with E-state index < -0.39 is 0 Å². The van der Waals surface area contributed by atoms with Crippen molar-refractivity contribution in [2.75, 3.05) is 7.05 Å². The van der Waals surface area contributed by atoms with Crippen LogP contribution in [0, 0.1) is 2.88 Å². The summed E-state index contributed by atoms with van der Waals surface area (Å²) in [6.07, 6.45) is 4.55. The third kappa shape index (κ3) is 2.79. The number of imidazole rings is 1. The Morgan fingerprint density at radius 1 is 1.67 bits per heavy atom. The Kier molecular flexibility index (Phi) is 3.76. The monoisotopic (exact) mass is 333 g/mol. The summed E-state index contributed by atoms with van der Waals surface area (Å²) in [5.74, 6) is 1.02. The molecule has 0 radical (unpaired) electrons. The highest BCUT2D eigenvalue weighted by atomic mass is 127. The quantitative estimate of drug-likeness (QED) is 0.845. The largest absolute Gasteiger partial charge is 0.349 e. The lowest BCUT2D eigenvalue weighted by atomic mass is 10.1. The zero-order chi connectivity index (χ0) is 10.7. The minimum Gasteiger partial charge on any atom is -0.349 e. The fraction of sp³-hybridized carbons (Fsp3) is 0.300. The summed E-state index contributed by atoms with van der Waals surface area (Å²) in [6, 6.07) is 2.56. The molecule has 2 N–H and O–H groups in total. The van der Waals surface area contributed by atoms with Crippen LogP contribution in [0.4, 0.5) is 0 Å². The van der Waals surface area contributed by atoms with Gasteiger partial charge in [-0.25, -0.2) is 4.98 Å². The molecule has 2 aromatic rings. The SMILES string of the molecule is CNC(Cc1ncc[nH]1)c1csc(I)c1. The first-order chi connectivity index (χ1) is 7.29. The van der Waals surface area contributed by atoms with Crippen molar-refractivity contribution in [1.29, 1.82) is 0 Å². The summed E-state index contributed by atoms with van der Waals surface area (Å²) in [6.45, 7) is 0. The molecule has 1 unspecified atom stereocenters. The van der Waals surface area contributed by atoms with E-state index in [1.165, 1.54) is 8.45 Å². The fourth-order valence-electron chi connectivity index (χ4n) is 1.50. The van der Waals surface area contributed by atoms with Crippen molar-refractivity contribution in [2.45, 2.75) is 12.5 Å². The minimum atomic E-state index is 0.343. The van der Waals surface area contributed by atoms with Crippen molar-refractivity contribution in [1.82, 2.24) is 15.3 Å². The number of halogens is 1. The van der Waals surface area contributed by atoms with Gasteiger partial charge >= 0.3 is 0 Å². The van der Waals surface area contributed by atoms with E-state index >= 15 is 0 Å². The normalized spacial score (nSPS) is 12.9. The van der Waals surface area contributed by atoms with Crippen LogP contribution in [-0.4, -0.2) is 17.0 Å².